The summed E-state index contributed by atoms with van der Waals surface area (Å²) < 4.78 is 37.1. The highest BCUT2D eigenvalue weighted by Gasteiger charge is 2.31. The summed E-state index contributed by atoms with van der Waals surface area (Å²) in [5.74, 6) is 5.65. The van der Waals surface area contributed by atoms with Crippen LogP contribution in [0.2, 0.25) is 0 Å². The number of nitrogens with two attached hydrogens (primary N) is 1. The molecule has 18 heavy (non-hydrogen) atoms. The Morgan fingerprint density at radius 2 is 1.94 bits per heavy atom. The van der Waals surface area contributed by atoms with Crippen LogP contribution in [0.1, 0.15) is 18.4 Å². The largest absolute Gasteiger partial charge is 0.417 e. The van der Waals surface area contributed by atoms with Gasteiger partial charge < -0.3 is 9.74 Å². The van der Waals surface area contributed by atoms with Crippen LogP contribution in [0.4, 0.5) is 19.0 Å². The monoisotopic (exact) mass is 261 g/mol. The van der Waals surface area contributed by atoms with Crippen molar-refractivity contribution >= 4 is 5.82 Å². The van der Waals surface area contributed by atoms with Crippen molar-refractivity contribution in [3.63, 3.8) is 0 Å². The van der Waals surface area contributed by atoms with Gasteiger partial charge in [-0.05, 0) is 25.0 Å². The lowest BCUT2D eigenvalue weighted by Gasteiger charge is -2.31. The van der Waals surface area contributed by atoms with Crippen LogP contribution in [0.15, 0.2) is 18.3 Å². The van der Waals surface area contributed by atoms with Crippen molar-refractivity contribution in [2.24, 2.45) is 5.90 Å². The van der Waals surface area contributed by atoms with E-state index in [-0.39, 0.29) is 6.10 Å². The smallest absolute Gasteiger partial charge is 0.356 e. The van der Waals surface area contributed by atoms with E-state index in [0.29, 0.717) is 18.9 Å². The Kier molecular flexibility index (Phi) is 3.72. The van der Waals surface area contributed by atoms with Crippen molar-refractivity contribution in [3.05, 3.63) is 23.9 Å². The number of piperidine rings is 1. The average molecular weight is 261 g/mol. The minimum atomic E-state index is -4.34. The van der Waals surface area contributed by atoms with Gasteiger partial charge in [-0.25, -0.2) is 10.9 Å². The van der Waals surface area contributed by atoms with E-state index in [1.165, 1.54) is 6.07 Å². The maximum atomic E-state index is 12.4. The molecule has 1 aliphatic heterocycles. The second-order valence-corrected chi connectivity index (χ2v) is 4.23. The predicted molar refractivity (Wildman–Crippen MR) is 59.7 cm³/mol. The molecule has 0 unspecified atom stereocenters. The van der Waals surface area contributed by atoms with Gasteiger partial charge in [-0.3, -0.25) is 0 Å². The molecule has 4 nitrogen and oxygen atoms in total. The molecule has 0 bridgehead atoms. The lowest BCUT2D eigenvalue weighted by Crippen LogP contribution is -2.38. The number of alkyl halides is 3. The number of hydrogen-bond donors (Lipinski definition) is 1. The second kappa shape index (κ2) is 5.11. The molecule has 1 fully saturated rings. The van der Waals surface area contributed by atoms with Crippen LogP contribution in [0.5, 0.6) is 0 Å². The SMILES string of the molecule is NOC1CCN(c2ccc(C(F)(F)F)cn2)CC1. The Morgan fingerprint density at radius 1 is 1.28 bits per heavy atom. The Labute approximate surface area is 102 Å². The van der Waals surface area contributed by atoms with Crippen molar-refractivity contribution < 1.29 is 18.0 Å². The third-order valence-electron chi connectivity index (χ3n) is 3.03. The van der Waals surface area contributed by atoms with Crippen molar-refractivity contribution in [2.75, 3.05) is 18.0 Å². The molecule has 2 heterocycles. The Hall–Kier alpha value is -1.34. The van der Waals surface area contributed by atoms with Gasteiger partial charge in [-0.2, -0.15) is 13.2 Å². The number of halogens is 3. The molecule has 0 aliphatic carbocycles. The number of hydrogen-bond acceptors (Lipinski definition) is 4. The summed E-state index contributed by atoms with van der Waals surface area (Å²) in [7, 11) is 0. The first kappa shape index (κ1) is 13.1. The normalized spacial score (nSPS) is 18.1. The third-order valence-corrected chi connectivity index (χ3v) is 3.03. The topological polar surface area (TPSA) is 51.4 Å². The van der Waals surface area contributed by atoms with Crippen molar-refractivity contribution in [2.45, 2.75) is 25.1 Å². The number of nitrogens with zero attached hydrogens (tertiary/aromatic N) is 2. The molecular weight excluding hydrogens is 247 g/mol. The zero-order valence-electron chi connectivity index (χ0n) is 9.65. The Bertz CT molecular complexity index is 386. The van der Waals surface area contributed by atoms with Crippen molar-refractivity contribution in [1.82, 2.24) is 4.98 Å². The lowest BCUT2D eigenvalue weighted by molar-refractivity contribution is -0.137. The molecule has 7 heteroatoms. The van der Waals surface area contributed by atoms with Gasteiger partial charge in [-0.1, -0.05) is 0 Å². The molecule has 0 amide bonds. The molecule has 100 valence electrons. The molecule has 1 aromatic rings. The van der Waals surface area contributed by atoms with E-state index in [4.69, 9.17) is 10.7 Å². The number of pyridine rings is 1. The summed E-state index contributed by atoms with van der Waals surface area (Å²) in [6.45, 7) is 1.36. The molecule has 0 aromatic carbocycles. The van der Waals surface area contributed by atoms with Gasteiger partial charge in [0.2, 0.25) is 0 Å². The third kappa shape index (κ3) is 2.91. The Balaban J connectivity index is 2.02. The van der Waals surface area contributed by atoms with E-state index in [9.17, 15) is 13.2 Å². The summed E-state index contributed by atoms with van der Waals surface area (Å²) in [4.78, 5) is 10.5. The molecule has 0 atom stereocenters. The molecule has 0 radical (unpaired) electrons. The van der Waals surface area contributed by atoms with Crippen LogP contribution in [0.3, 0.4) is 0 Å². The van der Waals surface area contributed by atoms with Crippen LogP contribution in [0, 0.1) is 0 Å². The van der Waals surface area contributed by atoms with Crippen LogP contribution >= 0.6 is 0 Å². The zero-order chi connectivity index (χ0) is 13.2. The summed E-state index contributed by atoms with van der Waals surface area (Å²) in [6, 6.07) is 2.44. The fourth-order valence-electron chi connectivity index (χ4n) is 1.96. The highest BCUT2D eigenvalue weighted by Crippen LogP contribution is 2.29. The van der Waals surface area contributed by atoms with Gasteiger partial charge in [-0.15, -0.1) is 0 Å². The van der Waals surface area contributed by atoms with E-state index in [1.807, 2.05) is 4.90 Å². The molecule has 0 spiro atoms. The highest BCUT2D eigenvalue weighted by molar-refractivity contribution is 5.40. The van der Waals surface area contributed by atoms with Gasteiger partial charge in [0.05, 0.1) is 11.7 Å². The van der Waals surface area contributed by atoms with Gasteiger partial charge in [0.25, 0.3) is 0 Å². The quantitative estimate of drug-likeness (QED) is 0.827. The fraction of sp³-hybridized carbons (Fsp3) is 0.545. The highest BCUT2D eigenvalue weighted by atomic mass is 19.4. The first-order chi connectivity index (χ1) is 8.50. The summed E-state index contributed by atoms with van der Waals surface area (Å²) in [5.41, 5.74) is -0.730. The van der Waals surface area contributed by atoms with Crippen LogP contribution in [-0.4, -0.2) is 24.2 Å². The van der Waals surface area contributed by atoms with E-state index < -0.39 is 11.7 Å². The minimum Gasteiger partial charge on any atom is -0.356 e. The minimum absolute atomic E-state index is 0.0238. The first-order valence-electron chi connectivity index (χ1n) is 5.64. The fourth-order valence-corrected chi connectivity index (χ4v) is 1.96. The number of aromatic nitrogens is 1. The van der Waals surface area contributed by atoms with Gasteiger partial charge in [0.15, 0.2) is 0 Å². The summed E-state index contributed by atoms with van der Waals surface area (Å²) in [5, 5.41) is 0. The molecule has 1 aromatic heterocycles. The molecule has 2 N–H and O–H groups in total. The maximum absolute atomic E-state index is 12.4. The van der Waals surface area contributed by atoms with E-state index >= 15 is 0 Å². The second-order valence-electron chi connectivity index (χ2n) is 4.23. The Morgan fingerprint density at radius 3 is 2.39 bits per heavy atom. The first-order valence-corrected chi connectivity index (χ1v) is 5.64. The van der Waals surface area contributed by atoms with Crippen LogP contribution in [0.25, 0.3) is 0 Å². The van der Waals surface area contributed by atoms with Gasteiger partial charge >= 0.3 is 6.18 Å². The van der Waals surface area contributed by atoms with E-state index in [1.54, 1.807) is 0 Å². The standard InChI is InChI=1S/C11H14F3N3O/c12-11(13,14)8-1-2-10(16-7-8)17-5-3-9(18-15)4-6-17/h1-2,7,9H,3-6,15H2. The summed E-state index contributed by atoms with van der Waals surface area (Å²) in [6.07, 6.45) is -1.96. The molecule has 2 rings (SSSR count). The van der Waals surface area contributed by atoms with E-state index in [2.05, 4.69) is 4.98 Å². The van der Waals surface area contributed by atoms with Gasteiger partial charge in [0.1, 0.15) is 5.82 Å². The maximum Gasteiger partial charge on any atom is 0.417 e. The molecule has 1 saturated heterocycles. The average Bonchev–Trinajstić information content (AvgIpc) is 2.38. The molecule has 1 aliphatic rings. The van der Waals surface area contributed by atoms with Crippen LogP contribution in [-0.2, 0) is 11.0 Å². The zero-order valence-corrected chi connectivity index (χ0v) is 9.65. The lowest BCUT2D eigenvalue weighted by atomic mass is 10.1. The molecule has 0 saturated carbocycles. The van der Waals surface area contributed by atoms with E-state index in [0.717, 1.165) is 25.1 Å². The van der Waals surface area contributed by atoms with Crippen molar-refractivity contribution in [3.8, 4) is 0 Å². The predicted octanol–water partition coefficient (Wildman–Crippen LogP) is 1.96. The van der Waals surface area contributed by atoms with Crippen LogP contribution < -0.4 is 10.8 Å². The van der Waals surface area contributed by atoms with Crippen molar-refractivity contribution in [1.29, 1.82) is 0 Å². The number of anilines is 1. The molecular formula is C11H14F3N3O. The van der Waals surface area contributed by atoms with Gasteiger partial charge in [0, 0.05) is 19.3 Å². The summed E-state index contributed by atoms with van der Waals surface area (Å²) >= 11 is 0. The number of rotatable bonds is 2.